The second kappa shape index (κ2) is 6.43. The number of carbonyl (C=O) groups excluding carboxylic acids is 2. The normalized spacial score (nSPS) is 30.0. The van der Waals surface area contributed by atoms with Crippen molar-refractivity contribution in [3.63, 3.8) is 0 Å². The number of epoxide rings is 1. The summed E-state index contributed by atoms with van der Waals surface area (Å²) in [5.74, 6) is -1.73. The molecule has 21 heavy (non-hydrogen) atoms. The highest BCUT2D eigenvalue weighted by molar-refractivity contribution is 5.82. The zero-order valence-electron chi connectivity index (χ0n) is 12.6. The lowest BCUT2D eigenvalue weighted by Gasteiger charge is -2.26. The van der Waals surface area contributed by atoms with Gasteiger partial charge in [0.25, 0.3) is 0 Å². The maximum absolute atomic E-state index is 12.2. The van der Waals surface area contributed by atoms with Crippen LogP contribution in [0.5, 0.6) is 0 Å². The Morgan fingerprint density at radius 1 is 0.952 bits per heavy atom. The molecule has 0 bridgehead atoms. The van der Waals surface area contributed by atoms with Gasteiger partial charge in [0.1, 0.15) is 13.2 Å². The van der Waals surface area contributed by atoms with Crippen molar-refractivity contribution < 1.29 is 23.8 Å². The van der Waals surface area contributed by atoms with Crippen LogP contribution in [0.2, 0.25) is 0 Å². The molecule has 116 valence electrons. The standard InChI is InChI=1S/C16H22O5/c1-9(2)7-19-15(17)11-5-13-14(21-13)6-12(11)16(18)20-8-10(3)4/h11-14H,1,3,5-8H2,2,4H3. The number of carbonyl (C=O) groups is 2. The quantitative estimate of drug-likeness (QED) is 0.426. The molecule has 1 saturated heterocycles. The number of fused-ring (bicyclic) bond motifs is 1. The van der Waals surface area contributed by atoms with Gasteiger partial charge in [-0.3, -0.25) is 9.59 Å². The molecular weight excluding hydrogens is 272 g/mol. The fourth-order valence-electron chi connectivity index (χ4n) is 2.55. The fourth-order valence-corrected chi connectivity index (χ4v) is 2.55. The van der Waals surface area contributed by atoms with Gasteiger partial charge in [0, 0.05) is 0 Å². The molecule has 0 amide bonds. The predicted octanol–water partition coefficient (Wildman–Crippen LogP) is 2.02. The Hall–Kier alpha value is -1.62. The molecule has 2 aliphatic rings. The third kappa shape index (κ3) is 4.17. The van der Waals surface area contributed by atoms with E-state index in [9.17, 15) is 9.59 Å². The molecule has 1 saturated carbocycles. The highest BCUT2D eigenvalue weighted by Crippen LogP contribution is 2.43. The Morgan fingerprint density at radius 2 is 1.33 bits per heavy atom. The van der Waals surface area contributed by atoms with Crippen LogP contribution < -0.4 is 0 Å². The van der Waals surface area contributed by atoms with Crippen LogP contribution in [0, 0.1) is 11.8 Å². The van der Waals surface area contributed by atoms with Crippen LogP contribution >= 0.6 is 0 Å². The van der Waals surface area contributed by atoms with Crippen LogP contribution in [-0.4, -0.2) is 37.4 Å². The highest BCUT2D eigenvalue weighted by atomic mass is 16.6. The molecule has 0 aromatic heterocycles. The molecule has 5 heteroatoms. The highest BCUT2D eigenvalue weighted by Gasteiger charge is 2.53. The zero-order valence-corrected chi connectivity index (χ0v) is 12.6. The maximum atomic E-state index is 12.2. The second-order valence-electron chi connectivity index (χ2n) is 6.03. The SMILES string of the molecule is C=C(C)COC(=O)C1CC2OC2CC1C(=O)OCC(=C)C. The number of hydrogen-bond donors (Lipinski definition) is 0. The van der Waals surface area contributed by atoms with Crippen LogP contribution in [0.15, 0.2) is 24.3 Å². The Balaban J connectivity index is 1.97. The minimum Gasteiger partial charge on any atom is -0.461 e. The first kappa shape index (κ1) is 15.8. The molecule has 2 rings (SSSR count). The van der Waals surface area contributed by atoms with E-state index in [4.69, 9.17) is 14.2 Å². The molecule has 1 heterocycles. The van der Waals surface area contributed by atoms with Crippen molar-refractivity contribution in [3.05, 3.63) is 24.3 Å². The average Bonchev–Trinajstić information content (AvgIpc) is 3.18. The fraction of sp³-hybridized carbons (Fsp3) is 0.625. The van der Waals surface area contributed by atoms with Crippen molar-refractivity contribution in [3.8, 4) is 0 Å². The van der Waals surface area contributed by atoms with E-state index < -0.39 is 11.8 Å². The van der Waals surface area contributed by atoms with Gasteiger partial charge >= 0.3 is 11.9 Å². The molecule has 0 spiro atoms. The van der Waals surface area contributed by atoms with E-state index in [2.05, 4.69) is 13.2 Å². The van der Waals surface area contributed by atoms with Gasteiger partial charge in [0.05, 0.1) is 24.0 Å². The number of ether oxygens (including phenoxy) is 3. The van der Waals surface area contributed by atoms with Crippen LogP contribution in [-0.2, 0) is 23.8 Å². The van der Waals surface area contributed by atoms with E-state index in [0.717, 1.165) is 11.1 Å². The predicted molar refractivity (Wildman–Crippen MR) is 76.4 cm³/mol. The molecule has 5 nitrogen and oxygen atoms in total. The molecule has 0 N–H and O–H groups in total. The number of rotatable bonds is 6. The minimum atomic E-state index is -0.495. The summed E-state index contributed by atoms with van der Waals surface area (Å²) in [5.41, 5.74) is 1.53. The van der Waals surface area contributed by atoms with Gasteiger partial charge in [0.2, 0.25) is 0 Å². The first-order valence-electron chi connectivity index (χ1n) is 7.16. The molecule has 1 aliphatic heterocycles. The van der Waals surface area contributed by atoms with E-state index in [1.807, 2.05) is 0 Å². The van der Waals surface area contributed by atoms with Crippen molar-refractivity contribution in [1.82, 2.24) is 0 Å². The molecule has 0 aromatic carbocycles. The summed E-state index contributed by atoms with van der Waals surface area (Å²) in [7, 11) is 0. The van der Waals surface area contributed by atoms with E-state index in [0.29, 0.717) is 12.8 Å². The van der Waals surface area contributed by atoms with Crippen LogP contribution in [0.1, 0.15) is 26.7 Å². The Kier molecular flexibility index (Phi) is 4.83. The third-order valence-corrected chi connectivity index (χ3v) is 3.67. The first-order chi connectivity index (χ1) is 9.88. The van der Waals surface area contributed by atoms with Crippen LogP contribution in [0.3, 0.4) is 0 Å². The minimum absolute atomic E-state index is 0.0811. The molecular formula is C16H22O5. The van der Waals surface area contributed by atoms with Crippen molar-refractivity contribution in [1.29, 1.82) is 0 Å². The summed E-state index contributed by atoms with van der Waals surface area (Å²) in [4.78, 5) is 24.4. The summed E-state index contributed by atoms with van der Waals surface area (Å²) in [6.07, 6.45) is 1.20. The molecule has 1 aliphatic carbocycles. The van der Waals surface area contributed by atoms with Gasteiger partial charge in [-0.2, -0.15) is 0 Å². The van der Waals surface area contributed by atoms with Gasteiger partial charge in [-0.05, 0) is 37.8 Å². The van der Waals surface area contributed by atoms with Gasteiger partial charge in [0.15, 0.2) is 0 Å². The number of esters is 2. The largest absolute Gasteiger partial charge is 0.461 e. The first-order valence-corrected chi connectivity index (χ1v) is 7.16. The van der Waals surface area contributed by atoms with Gasteiger partial charge in [-0.25, -0.2) is 0 Å². The van der Waals surface area contributed by atoms with E-state index >= 15 is 0 Å². The van der Waals surface area contributed by atoms with Crippen LogP contribution in [0.4, 0.5) is 0 Å². The molecule has 2 fully saturated rings. The van der Waals surface area contributed by atoms with E-state index in [-0.39, 0.29) is 37.4 Å². The molecule has 0 radical (unpaired) electrons. The smallest absolute Gasteiger partial charge is 0.310 e. The lowest BCUT2D eigenvalue weighted by atomic mass is 9.79. The summed E-state index contributed by atoms with van der Waals surface area (Å²) in [6, 6.07) is 0. The van der Waals surface area contributed by atoms with Gasteiger partial charge < -0.3 is 14.2 Å². The van der Waals surface area contributed by atoms with E-state index in [1.54, 1.807) is 13.8 Å². The van der Waals surface area contributed by atoms with Gasteiger partial charge in [-0.1, -0.05) is 13.2 Å². The Labute approximate surface area is 124 Å². The third-order valence-electron chi connectivity index (χ3n) is 3.67. The van der Waals surface area contributed by atoms with Crippen molar-refractivity contribution in [2.45, 2.75) is 38.9 Å². The Bertz CT molecular complexity index is 425. The topological polar surface area (TPSA) is 65.1 Å². The summed E-state index contributed by atoms with van der Waals surface area (Å²) in [5, 5.41) is 0. The lowest BCUT2D eigenvalue weighted by molar-refractivity contribution is -0.161. The maximum Gasteiger partial charge on any atom is 0.310 e. The summed E-state index contributed by atoms with van der Waals surface area (Å²) in [6.45, 7) is 11.3. The Morgan fingerprint density at radius 3 is 1.67 bits per heavy atom. The van der Waals surface area contributed by atoms with E-state index in [1.165, 1.54) is 0 Å². The van der Waals surface area contributed by atoms with Crippen LogP contribution in [0.25, 0.3) is 0 Å². The molecule has 4 unspecified atom stereocenters. The molecule has 0 aromatic rings. The lowest BCUT2D eigenvalue weighted by Crippen LogP contribution is -2.38. The zero-order chi connectivity index (χ0) is 15.6. The summed E-state index contributed by atoms with van der Waals surface area (Å²) < 4.78 is 15.8. The van der Waals surface area contributed by atoms with Gasteiger partial charge in [-0.15, -0.1) is 0 Å². The second-order valence-corrected chi connectivity index (χ2v) is 6.03. The van der Waals surface area contributed by atoms with Crippen molar-refractivity contribution >= 4 is 11.9 Å². The monoisotopic (exact) mass is 294 g/mol. The molecule has 4 atom stereocenters. The van der Waals surface area contributed by atoms with Crippen molar-refractivity contribution in [2.24, 2.45) is 11.8 Å². The average molecular weight is 294 g/mol. The number of hydrogen-bond acceptors (Lipinski definition) is 5. The summed E-state index contributed by atoms with van der Waals surface area (Å²) >= 11 is 0. The van der Waals surface area contributed by atoms with Crippen molar-refractivity contribution in [2.75, 3.05) is 13.2 Å².